The van der Waals surface area contributed by atoms with Crippen LogP contribution in [0.15, 0.2) is 54.7 Å². The number of fused-ring (bicyclic) bond motifs is 1. The molecule has 3 rings (SSSR count). The molecule has 1 heterocycles. The Bertz CT molecular complexity index is 985. The highest BCUT2D eigenvalue weighted by molar-refractivity contribution is 6.30. The van der Waals surface area contributed by atoms with E-state index in [1.807, 2.05) is 19.1 Å². The molecule has 0 saturated carbocycles. The van der Waals surface area contributed by atoms with E-state index in [1.165, 1.54) is 0 Å². The van der Waals surface area contributed by atoms with E-state index in [9.17, 15) is 9.59 Å². The molecule has 0 bridgehead atoms. The summed E-state index contributed by atoms with van der Waals surface area (Å²) in [6.45, 7) is 1.12. The molecule has 0 aliphatic carbocycles. The second kappa shape index (κ2) is 8.51. The van der Waals surface area contributed by atoms with Crippen molar-refractivity contribution in [1.29, 1.82) is 0 Å². The van der Waals surface area contributed by atoms with E-state index >= 15 is 0 Å². The second-order valence-corrected chi connectivity index (χ2v) is 6.22. The first-order valence-electron chi connectivity index (χ1n) is 8.21. The second-order valence-electron chi connectivity index (χ2n) is 5.78. The van der Waals surface area contributed by atoms with Gasteiger partial charge in [0.1, 0.15) is 5.75 Å². The van der Waals surface area contributed by atoms with Crippen molar-refractivity contribution in [1.82, 2.24) is 4.98 Å². The summed E-state index contributed by atoms with van der Waals surface area (Å²) in [5.41, 5.74) is 2.17. The van der Waals surface area contributed by atoms with Crippen LogP contribution in [0.1, 0.15) is 5.56 Å². The number of ether oxygens (including phenoxy) is 2. The first-order chi connectivity index (χ1) is 13.0. The van der Waals surface area contributed by atoms with E-state index in [0.717, 1.165) is 16.5 Å². The van der Waals surface area contributed by atoms with Crippen molar-refractivity contribution < 1.29 is 19.1 Å². The lowest BCUT2D eigenvalue weighted by atomic mass is 10.2. The molecule has 0 aliphatic rings. The maximum absolute atomic E-state index is 12.1. The molecule has 1 aromatic heterocycles. The minimum atomic E-state index is -0.640. The van der Waals surface area contributed by atoms with Gasteiger partial charge in [0.2, 0.25) is 0 Å². The summed E-state index contributed by atoms with van der Waals surface area (Å²) in [5.74, 6) is -0.550. The predicted octanol–water partition coefficient (Wildman–Crippen LogP) is 3.76. The molecule has 2 aromatic carbocycles. The molecule has 7 heteroatoms. The van der Waals surface area contributed by atoms with Crippen LogP contribution in [0.25, 0.3) is 10.9 Å². The highest BCUT2D eigenvalue weighted by atomic mass is 35.5. The number of carbonyl (C=O) groups is 2. The number of aryl methyl sites for hydroxylation is 1. The van der Waals surface area contributed by atoms with Crippen molar-refractivity contribution >= 4 is 40.1 Å². The average molecular weight is 385 g/mol. The minimum Gasteiger partial charge on any atom is -0.482 e. The zero-order valence-corrected chi connectivity index (χ0v) is 15.3. The number of hydrogen-bond donors (Lipinski definition) is 1. The van der Waals surface area contributed by atoms with E-state index < -0.39 is 18.5 Å². The lowest BCUT2D eigenvalue weighted by molar-refractivity contribution is -0.149. The molecule has 0 saturated heterocycles. The molecule has 0 aliphatic heterocycles. The summed E-state index contributed by atoms with van der Waals surface area (Å²) in [7, 11) is 0. The van der Waals surface area contributed by atoms with Crippen LogP contribution in [0.3, 0.4) is 0 Å². The molecule has 1 amide bonds. The van der Waals surface area contributed by atoms with Gasteiger partial charge in [0, 0.05) is 16.6 Å². The van der Waals surface area contributed by atoms with Crippen LogP contribution < -0.4 is 10.1 Å². The highest BCUT2D eigenvalue weighted by Crippen LogP contribution is 2.22. The van der Waals surface area contributed by atoms with Gasteiger partial charge in [0.25, 0.3) is 5.91 Å². The normalized spacial score (nSPS) is 10.4. The summed E-state index contributed by atoms with van der Waals surface area (Å²) in [6.07, 6.45) is 1.68. The third-order valence-electron chi connectivity index (χ3n) is 3.77. The van der Waals surface area contributed by atoms with Crippen LogP contribution >= 0.6 is 11.6 Å². The number of anilines is 1. The van der Waals surface area contributed by atoms with Crippen LogP contribution in [-0.4, -0.2) is 30.1 Å². The number of nitrogens with one attached hydrogen (secondary N) is 1. The monoisotopic (exact) mass is 384 g/mol. The lowest BCUT2D eigenvalue weighted by Crippen LogP contribution is -2.23. The number of pyridine rings is 1. The molecular formula is C20H17ClN2O4. The number of halogens is 1. The first kappa shape index (κ1) is 18.7. The van der Waals surface area contributed by atoms with Crippen molar-refractivity contribution in [3.63, 3.8) is 0 Å². The Morgan fingerprint density at radius 2 is 1.96 bits per heavy atom. The number of carbonyl (C=O) groups excluding carboxylic acids is 2. The number of nitrogens with zero attached hydrogens (tertiary/aromatic N) is 1. The highest BCUT2D eigenvalue weighted by Gasteiger charge is 2.11. The van der Waals surface area contributed by atoms with E-state index in [2.05, 4.69) is 10.3 Å². The number of aromatic nitrogens is 1. The Labute approximate surface area is 161 Å². The average Bonchev–Trinajstić information content (AvgIpc) is 2.66. The Morgan fingerprint density at radius 3 is 2.78 bits per heavy atom. The quantitative estimate of drug-likeness (QED) is 0.655. The molecule has 27 heavy (non-hydrogen) atoms. The van der Waals surface area contributed by atoms with Gasteiger partial charge in [-0.05, 0) is 55.0 Å². The topological polar surface area (TPSA) is 77.5 Å². The largest absolute Gasteiger partial charge is 0.482 e. The molecule has 138 valence electrons. The molecule has 3 aromatic rings. The number of benzene rings is 2. The number of hydrogen-bond acceptors (Lipinski definition) is 5. The summed E-state index contributed by atoms with van der Waals surface area (Å²) in [4.78, 5) is 28.1. The van der Waals surface area contributed by atoms with E-state index in [4.69, 9.17) is 21.1 Å². The molecular weight excluding hydrogens is 368 g/mol. The number of esters is 1. The lowest BCUT2D eigenvalue weighted by Gasteiger charge is -2.10. The molecule has 0 spiro atoms. The van der Waals surface area contributed by atoms with Crippen LogP contribution in [0, 0.1) is 6.92 Å². The fraction of sp³-hybridized carbons (Fsp3) is 0.150. The number of rotatable bonds is 6. The minimum absolute atomic E-state index is 0.298. The molecule has 1 N–H and O–H groups in total. The van der Waals surface area contributed by atoms with Gasteiger partial charge in [-0.15, -0.1) is 0 Å². The van der Waals surface area contributed by atoms with Gasteiger partial charge >= 0.3 is 5.97 Å². The summed E-state index contributed by atoms with van der Waals surface area (Å²) in [5, 5.41) is 4.11. The predicted molar refractivity (Wildman–Crippen MR) is 103 cm³/mol. The van der Waals surface area contributed by atoms with Crippen molar-refractivity contribution in [2.24, 2.45) is 0 Å². The SMILES string of the molecule is Cc1cc(Cl)ccc1OCC(=O)OCC(=O)Nc1cccc2ncccc12. The summed E-state index contributed by atoms with van der Waals surface area (Å²) >= 11 is 5.87. The maximum Gasteiger partial charge on any atom is 0.344 e. The third kappa shape index (κ3) is 4.95. The van der Waals surface area contributed by atoms with E-state index in [0.29, 0.717) is 16.5 Å². The molecule has 6 nitrogen and oxygen atoms in total. The van der Waals surface area contributed by atoms with Crippen LogP contribution in [-0.2, 0) is 14.3 Å². The molecule has 0 fully saturated rings. The zero-order chi connectivity index (χ0) is 19.2. The van der Waals surface area contributed by atoms with Crippen molar-refractivity contribution in [3.05, 3.63) is 65.3 Å². The van der Waals surface area contributed by atoms with Crippen LogP contribution in [0.5, 0.6) is 5.75 Å². The molecule has 0 atom stereocenters. The Kier molecular flexibility index (Phi) is 5.88. The van der Waals surface area contributed by atoms with E-state index in [-0.39, 0.29) is 6.61 Å². The first-order valence-corrected chi connectivity index (χ1v) is 8.59. The summed E-state index contributed by atoms with van der Waals surface area (Å²) in [6, 6.07) is 14.1. The van der Waals surface area contributed by atoms with E-state index in [1.54, 1.807) is 42.6 Å². The molecule has 0 unspecified atom stereocenters. The maximum atomic E-state index is 12.1. The fourth-order valence-electron chi connectivity index (χ4n) is 2.50. The van der Waals surface area contributed by atoms with Gasteiger partial charge in [-0.1, -0.05) is 17.7 Å². The van der Waals surface area contributed by atoms with Gasteiger partial charge in [-0.3, -0.25) is 9.78 Å². The Hall–Kier alpha value is -3.12. The smallest absolute Gasteiger partial charge is 0.344 e. The van der Waals surface area contributed by atoms with Crippen molar-refractivity contribution in [2.45, 2.75) is 6.92 Å². The van der Waals surface area contributed by atoms with Gasteiger partial charge in [0.15, 0.2) is 13.2 Å². The van der Waals surface area contributed by atoms with Crippen LogP contribution in [0.4, 0.5) is 5.69 Å². The van der Waals surface area contributed by atoms with Gasteiger partial charge in [-0.25, -0.2) is 4.79 Å². The van der Waals surface area contributed by atoms with Crippen molar-refractivity contribution in [2.75, 3.05) is 18.5 Å². The Morgan fingerprint density at radius 1 is 1.11 bits per heavy atom. The molecule has 0 radical (unpaired) electrons. The van der Waals surface area contributed by atoms with Gasteiger partial charge in [-0.2, -0.15) is 0 Å². The van der Waals surface area contributed by atoms with Crippen LogP contribution in [0.2, 0.25) is 5.02 Å². The standard InChI is InChI=1S/C20H17ClN2O4/c1-13-10-14(21)7-8-18(13)26-12-20(25)27-11-19(24)23-17-6-2-5-16-15(17)4-3-9-22-16/h2-10H,11-12H2,1H3,(H,23,24). The number of amides is 1. The Balaban J connectivity index is 1.50. The van der Waals surface area contributed by atoms with Crippen molar-refractivity contribution in [3.8, 4) is 5.75 Å². The summed E-state index contributed by atoms with van der Waals surface area (Å²) < 4.78 is 10.3. The fourth-order valence-corrected chi connectivity index (χ4v) is 2.72. The zero-order valence-electron chi connectivity index (χ0n) is 14.6. The third-order valence-corrected chi connectivity index (χ3v) is 4.00. The van der Waals surface area contributed by atoms with Gasteiger partial charge in [0.05, 0.1) is 11.2 Å². The van der Waals surface area contributed by atoms with Gasteiger partial charge < -0.3 is 14.8 Å².